The van der Waals surface area contributed by atoms with E-state index in [0.29, 0.717) is 12.2 Å². The first kappa shape index (κ1) is 12.7. The Kier molecular flexibility index (Phi) is 2.74. The smallest absolute Gasteiger partial charge is 0.245 e. The highest BCUT2D eigenvalue weighted by molar-refractivity contribution is 5.96. The summed E-state index contributed by atoms with van der Waals surface area (Å²) in [5, 5.41) is 3.79. The molecule has 3 N–H and O–H groups in total. The van der Waals surface area contributed by atoms with E-state index in [9.17, 15) is 4.79 Å². The summed E-state index contributed by atoms with van der Waals surface area (Å²) in [4.78, 5) is 22.7. The molecule has 0 spiro atoms. The first-order valence-electron chi connectivity index (χ1n) is 6.56. The monoisotopic (exact) mass is 271 g/mol. The van der Waals surface area contributed by atoms with Crippen LogP contribution >= 0.6 is 0 Å². The number of benzene rings is 1. The van der Waals surface area contributed by atoms with Crippen molar-refractivity contribution in [1.82, 2.24) is 15.3 Å². The number of carbonyl (C=O) groups excluding carboxylic acids is 1. The maximum Gasteiger partial charge on any atom is 0.245 e. The quantitative estimate of drug-likeness (QED) is 0.754. The van der Waals surface area contributed by atoms with E-state index in [2.05, 4.69) is 15.3 Å². The van der Waals surface area contributed by atoms with Gasteiger partial charge < -0.3 is 16.0 Å². The molecule has 1 aromatic carbocycles. The van der Waals surface area contributed by atoms with Gasteiger partial charge in [-0.15, -0.1) is 0 Å². The molecule has 6 nitrogen and oxygen atoms in total. The minimum Gasteiger partial charge on any atom is -0.399 e. The Labute approximate surface area is 117 Å². The predicted molar refractivity (Wildman–Crippen MR) is 78.4 cm³/mol. The van der Waals surface area contributed by atoms with Crippen LogP contribution in [0.4, 0.5) is 11.5 Å². The molecule has 3 rings (SSSR count). The Morgan fingerprint density at radius 2 is 2.15 bits per heavy atom. The number of hydrogen-bond donors (Lipinski definition) is 2. The largest absolute Gasteiger partial charge is 0.399 e. The zero-order valence-corrected chi connectivity index (χ0v) is 11.6. The van der Waals surface area contributed by atoms with Gasteiger partial charge in [0.25, 0.3) is 0 Å². The predicted octanol–water partition coefficient (Wildman–Crippen LogP) is 0.927. The van der Waals surface area contributed by atoms with E-state index in [0.717, 1.165) is 23.3 Å². The number of hydrogen-bond acceptors (Lipinski definition) is 5. The van der Waals surface area contributed by atoms with Crippen molar-refractivity contribution in [2.75, 3.05) is 23.7 Å². The molecule has 2 aromatic rings. The van der Waals surface area contributed by atoms with Gasteiger partial charge in [-0.05, 0) is 32.0 Å². The van der Waals surface area contributed by atoms with Crippen LogP contribution in [0.25, 0.3) is 10.9 Å². The molecule has 2 heterocycles. The number of amides is 1. The van der Waals surface area contributed by atoms with Gasteiger partial charge >= 0.3 is 0 Å². The second-order valence-corrected chi connectivity index (χ2v) is 5.44. The highest BCUT2D eigenvalue weighted by Crippen LogP contribution is 2.30. The molecule has 1 aliphatic heterocycles. The van der Waals surface area contributed by atoms with Gasteiger partial charge in [0.15, 0.2) is 0 Å². The van der Waals surface area contributed by atoms with Gasteiger partial charge in [-0.2, -0.15) is 0 Å². The number of aromatic nitrogens is 2. The summed E-state index contributed by atoms with van der Waals surface area (Å²) >= 11 is 0. The summed E-state index contributed by atoms with van der Waals surface area (Å²) in [6.07, 6.45) is 1.51. The van der Waals surface area contributed by atoms with Gasteiger partial charge in [-0.3, -0.25) is 4.79 Å². The molecular weight excluding hydrogens is 254 g/mol. The maximum atomic E-state index is 12.1. The average molecular weight is 271 g/mol. The number of carbonyl (C=O) groups is 1. The maximum absolute atomic E-state index is 12.1. The normalized spacial score (nSPS) is 18.1. The number of nitrogen functional groups attached to an aromatic ring is 1. The van der Waals surface area contributed by atoms with E-state index in [1.165, 1.54) is 6.33 Å². The zero-order chi connectivity index (χ0) is 14.3. The molecule has 1 aliphatic rings. The number of nitrogens with zero attached hydrogens (tertiary/aromatic N) is 3. The average Bonchev–Trinajstić information content (AvgIpc) is 2.41. The van der Waals surface area contributed by atoms with Crippen molar-refractivity contribution in [2.24, 2.45) is 0 Å². The highest BCUT2D eigenvalue weighted by Gasteiger charge is 2.38. The fourth-order valence-corrected chi connectivity index (χ4v) is 2.55. The molecule has 1 aromatic heterocycles. The number of nitrogens with one attached hydrogen (secondary N) is 1. The third-order valence-electron chi connectivity index (χ3n) is 3.75. The topological polar surface area (TPSA) is 84.1 Å². The van der Waals surface area contributed by atoms with Gasteiger partial charge in [0.1, 0.15) is 17.7 Å². The second kappa shape index (κ2) is 4.33. The molecule has 104 valence electrons. The van der Waals surface area contributed by atoms with Crippen LogP contribution in [0.1, 0.15) is 13.8 Å². The third kappa shape index (κ3) is 1.84. The lowest BCUT2D eigenvalue weighted by Crippen LogP contribution is -2.62. The van der Waals surface area contributed by atoms with E-state index < -0.39 is 5.54 Å². The Morgan fingerprint density at radius 1 is 1.35 bits per heavy atom. The summed E-state index contributed by atoms with van der Waals surface area (Å²) in [5.74, 6) is 0.779. The van der Waals surface area contributed by atoms with Crippen molar-refractivity contribution < 1.29 is 4.79 Å². The van der Waals surface area contributed by atoms with E-state index in [1.807, 2.05) is 36.9 Å². The Hall–Kier alpha value is -2.37. The molecule has 1 fully saturated rings. The summed E-state index contributed by atoms with van der Waals surface area (Å²) in [6, 6.07) is 5.55. The molecule has 1 saturated heterocycles. The van der Waals surface area contributed by atoms with E-state index in [4.69, 9.17) is 5.73 Å². The summed E-state index contributed by atoms with van der Waals surface area (Å²) in [5.41, 5.74) is 6.60. The molecule has 0 radical (unpaired) electrons. The fourth-order valence-electron chi connectivity index (χ4n) is 2.55. The van der Waals surface area contributed by atoms with Crippen LogP contribution in [-0.2, 0) is 4.79 Å². The first-order chi connectivity index (χ1) is 9.50. The number of anilines is 2. The second-order valence-electron chi connectivity index (χ2n) is 5.44. The third-order valence-corrected chi connectivity index (χ3v) is 3.75. The van der Waals surface area contributed by atoms with Crippen molar-refractivity contribution in [3.05, 3.63) is 24.5 Å². The molecule has 0 aliphatic carbocycles. The molecule has 6 heteroatoms. The lowest BCUT2D eigenvalue weighted by Gasteiger charge is -2.42. The van der Waals surface area contributed by atoms with E-state index >= 15 is 0 Å². The summed E-state index contributed by atoms with van der Waals surface area (Å²) < 4.78 is 0. The van der Waals surface area contributed by atoms with Crippen molar-refractivity contribution in [3.8, 4) is 0 Å². The Balaban J connectivity index is 2.16. The summed E-state index contributed by atoms with van der Waals surface area (Å²) in [7, 11) is 0. The summed E-state index contributed by atoms with van der Waals surface area (Å²) in [6.45, 7) is 5.12. The van der Waals surface area contributed by atoms with Crippen LogP contribution in [0.15, 0.2) is 24.5 Å². The first-order valence-corrected chi connectivity index (χ1v) is 6.56. The van der Waals surface area contributed by atoms with Crippen molar-refractivity contribution in [3.63, 3.8) is 0 Å². The minimum absolute atomic E-state index is 0.00552. The molecule has 20 heavy (non-hydrogen) atoms. The number of nitrogens with two attached hydrogens (primary N) is 1. The molecule has 0 unspecified atom stereocenters. The SMILES string of the molecule is CC1(C)C(=O)NCCN1c1ncnc2cc(N)ccc12. The highest BCUT2D eigenvalue weighted by atomic mass is 16.2. The van der Waals surface area contributed by atoms with Crippen LogP contribution in [0.5, 0.6) is 0 Å². The Bertz CT molecular complexity index is 682. The van der Waals surface area contributed by atoms with Crippen LogP contribution in [0, 0.1) is 0 Å². The van der Waals surface area contributed by atoms with E-state index in [1.54, 1.807) is 0 Å². The van der Waals surface area contributed by atoms with Crippen molar-refractivity contribution >= 4 is 28.3 Å². The standard InChI is InChI=1S/C14H17N5O/c1-14(2)13(20)16-5-6-19(14)12-10-4-3-9(15)7-11(10)17-8-18-12/h3-4,7-8H,5-6,15H2,1-2H3,(H,16,20). The zero-order valence-electron chi connectivity index (χ0n) is 11.6. The molecule has 0 bridgehead atoms. The van der Waals surface area contributed by atoms with Gasteiger partial charge in [0.2, 0.25) is 5.91 Å². The Morgan fingerprint density at radius 3 is 2.95 bits per heavy atom. The lowest BCUT2D eigenvalue weighted by molar-refractivity contribution is -0.126. The molecule has 0 saturated carbocycles. The van der Waals surface area contributed by atoms with E-state index in [-0.39, 0.29) is 5.91 Å². The lowest BCUT2D eigenvalue weighted by atomic mass is 9.98. The van der Waals surface area contributed by atoms with Crippen LogP contribution in [-0.4, -0.2) is 34.5 Å². The molecule has 0 atom stereocenters. The number of fused-ring (bicyclic) bond motifs is 1. The number of rotatable bonds is 1. The van der Waals surface area contributed by atoms with Crippen LogP contribution in [0.2, 0.25) is 0 Å². The van der Waals surface area contributed by atoms with Crippen molar-refractivity contribution in [1.29, 1.82) is 0 Å². The molecular formula is C14H17N5O. The van der Waals surface area contributed by atoms with Crippen LogP contribution in [0.3, 0.4) is 0 Å². The van der Waals surface area contributed by atoms with Crippen LogP contribution < -0.4 is 16.0 Å². The fraction of sp³-hybridized carbons (Fsp3) is 0.357. The van der Waals surface area contributed by atoms with Gasteiger partial charge in [-0.25, -0.2) is 9.97 Å². The van der Waals surface area contributed by atoms with Crippen molar-refractivity contribution in [2.45, 2.75) is 19.4 Å². The minimum atomic E-state index is -0.638. The van der Waals surface area contributed by atoms with Gasteiger partial charge in [0, 0.05) is 24.2 Å². The van der Waals surface area contributed by atoms with Gasteiger partial charge in [0.05, 0.1) is 5.52 Å². The number of piperazine rings is 1. The molecule has 1 amide bonds. The van der Waals surface area contributed by atoms with Gasteiger partial charge in [-0.1, -0.05) is 0 Å².